The summed E-state index contributed by atoms with van der Waals surface area (Å²) in [6.07, 6.45) is 3.18. The summed E-state index contributed by atoms with van der Waals surface area (Å²) in [5, 5.41) is 0. The van der Waals surface area contributed by atoms with E-state index in [-0.39, 0.29) is 5.41 Å². The van der Waals surface area contributed by atoms with Crippen molar-refractivity contribution in [3.8, 4) is 0 Å². The van der Waals surface area contributed by atoms with Gasteiger partial charge in [-0.15, -0.1) is 0 Å². The molecule has 0 radical (unpaired) electrons. The van der Waals surface area contributed by atoms with E-state index in [1.54, 1.807) is 0 Å². The molecule has 0 atom stereocenters. The maximum Gasteiger partial charge on any atom is 0.200 e. The van der Waals surface area contributed by atoms with Crippen LogP contribution in [-0.4, -0.2) is 6.40 Å². The van der Waals surface area contributed by atoms with Crippen LogP contribution in [0.25, 0.3) is 0 Å². The van der Waals surface area contributed by atoms with Gasteiger partial charge in [0, 0.05) is 11.1 Å². The molecule has 0 aromatic rings. The van der Waals surface area contributed by atoms with Crippen LogP contribution in [0.4, 0.5) is 0 Å². The van der Waals surface area contributed by atoms with E-state index in [0.29, 0.717) is 0 Å². The average Bonchev–Trinajstić information content (AvgIpc) is 1.87. The minimum absolute atomic E-state index is 0.0454. The molecule has 0 unspecified atom stereocenters. The Morgan fingerprint density at radius 3 is 2.27 bits per heavy atom. The molecule has 0 saturated heterocycles. The van der Waals surface area contributed by atoms with E-state index in [2.05, 4.69) is 30.6 Å². The highest BCUT2D eigenvalue weighted by Crippen LogP contribution is 2.25. The summed E-state index contributed by atoms with van der Waals surface area (Å²) in [7, 11) is 0. The third kappa shape index (κ3) is 3.78. The van der Waals surface area contributed by atoms with Crippen molar-refractivity contribution in [2.75, 3.05) is 0 Å². The summed E-state index contributed by atoms with van der Waals surface area (Å²) in [4.78, 5) is 8.26. The van der Waals surface area contributed by atoms with Crippen molar-refractivity contribution in [3.05, 3.63) is 11.8 Å². The van der Waals surface area contributed by atoms with Gasteiger partial charge in [0.05, 0.1) is 0 Å². The van der Waals surface area contributed by atoms with Gasteiger partial charge in [-0.25, -0.2) is 4.99 Å². The maximum absolute atomic E-state index is 4.80. The Kier molecular flexibility index (Phi) is 3.82. The zero-order valence-electron chi connectivity index (χ0n) is 7.59. The number of hydrogen-bond donors (Lipinski definition) is 1. The lowest BCUT2D eigenvalue weighted by Gasteiger charge is -2.17. The zero-order valence-corrected chi connectivity index (χ0v) is 7.59. The van der Waals surface area contributed by atoms with Crippen molar-refractivity contribution in [1.29, 1.82) is 0 Å². The molecule has 64 valence electrons. The Morgan fingerprint density at radius 2 is 2.00 bits per heavy atom. The molecule has 0 aliphatic rings. The topological polar surface area (TPSA) is 47.6 Å². The molecule has 0 saturated carbocycles. The van der Waals surface area contributed by atoms with Crippen LogP contribution >= 0.6 is 0 Å². The SMILES string of the molecule is C/C=C(\N=C/ON)C(C)(C)C. The maximum atomic E-state index is 4.80. The summed E-state index contributed by atoms with van der Waals surface area (Å²) < 4.78 is 0. The Labute approximate surface area is 67.9 Å². The molecule has 0 bridgehead atoms. The molecule has 0 aliphatic carbocycles. The monoisotopic (exact) mass is 156 g/mol. The first-order valence-electron chi connectivity index (χ1n) is 3.57. The number of aliphatic imine (C=N–C) groups is 1. The van der Waals surface area contributed by atoms with Gasteiger partial charge in [0.25, 0.3) is 0 Å². The van der Waals surface area contributed by atoms with Crippen LogP contribution in [-0.2, 0) is 4.84 Å². The summed E-state index contributed by atoms with van der Waals surface area (Å²) in [5.74, 6) is 4.80. The summed E-state index contributed by atoms with van der Waals surface area (Å²) in [6.45, 7) is 8.18. The van der Waals surface area contributed by atoms with E-state index in [4.69, 9.17) is 5.90 Å². The van der Waals surface area contributed by atoms with Gasteiger partial charge >= 0.3 is 0 Å². The molecular weight excluding hydrogens is 140 g/mol. The minimum Gasteiger partial charge on any atom is -0.399 e. The van der Waals surface area contributed by atoms with E-state index >= 15 is 0 Å². The van der Waals surface area contributed by atoms with Crippen molar-refractivity contribution in [3.63, 3.8) is 0 Å². The van der Waals surface area contributed by atoms with Crippen molar-refractivity contribution >= 4 is 6.40 Å². The molecule has 0 aromatic carbocycles. The number of hydrogen-bond acceptors (Lipinski definition) is 3. The Balaban J connectivity index is 4.33. The van der Waals surface area contributed by atoms with Gasteiger partial charge in [-0.3, -0.25) is 0 Å². The third-order valence-corrected chi connectivity index (χ3v) is 1.29. The molecule has 0 aliphatic heterocycles. The van der Waals surface area contributed by atoms with Crippen LogP contribution in [0.2, 0.25) is 0 Å². The number of nitrogens with zero attached hydrogens (tertiary/aromatic N) is 1. The summed E-state index contributed by atoms with van der Waals surface area (Å²) in [5.41, 5.74) is 1.01. The highest BCUT2D eigenvalue weighted by Gasteiger charge is 2.14. The van der Waals surface area contributed by atoms with Crippen LogP contribution in [0.15, 0.2) is 16.8 Å². The van der Waals surface area contributed by atoms with Crippen molar-refractivity contribution < 1.29 is 4.84 Å². The predicted molar refractivity (Wildman–Crippen MR) is 47.0 cm³/mol. The second kappa shape index (κ2) is 4.13. The molecule has 0 amide bonds. The van der Waals surface area contributed by atoms with Crippen LogP contribution in [0.3, 0.4) is 0 Å². The minimum atomic E-state index is 0.0454. The largest absolute Gasteiger partial charge is 0.399 e. The molecule has 2 N–H and O–H groups in total. The Hall–Kier alpha value is -0.830. The smallest absolute Gasteiger partial charge is 0.200 e. The van der Waals surface area contributed by atoms with Crippen LogP contribution in [0, 0.1) is 5.41 Å². The average molecular weight is 156 g/mol. The van der Waals surface area contributed by atoms with E-state index in [9.17, 15) is 0 Å². The van der Waals surface area contributed by atoms with Gasteiger partial charge in [-0.2, -0.15) is 5.90 Å². The van der Waals surface area contributed by atoms with E-state index in [1.165, 1.54) is 6.40 Å². The summed E-state index contributed by atoms with van der Waals surface area (Å²) >= 11 is 0. The number of rotatable bonds is 2. The molecule has 0 rings (SSSR count). The molecule has 0 aromatic heterocycles. The Morgan fingerprint density at radius 1 is 1.45 bits per heavy atom. The van der Waals surface area contributed by atoms with Crippen molar-refractivity contribution in [1.82, 2.24) is 0 Å². The van der Waals surface area contributed by atoms with E-state index < -0.39 is 0 Å². The fraction of sp³-hybridized carbons (Fsp3) is 0.625. The first-order chi connectivity index (χ1) is 5.02. The molecule has 0 spiro atoms. The van der Waals surface area contributed by atoms with Gasteiger partial charge < -0.3 is 4.84 Å². The summed E-state index contributed by atoms with van der Waals surface area (Å²) in [6, 6.07) is 0. The number of nitrogens with two attached hydrogens (primary N) is 1. The molecule has 3 nitrogen and oxygen atoms in total. The van der Waals surface area contributed by atoms with Gasteiger partial charge in [-0.1, -0.05) is 26.8 Å². The highest BCUT2D eigenvalue weighted by atomic mass is 16.6. The molecular formula is C8H16N2O. The highest BCUT2D eigenvalue weighted by molar-refractivity contribution is 5.48. The normalized spacial score (nSPS) is 14.1. The molecule has 11 heavy (non-hydrogen) atoms. The zero-order chi connectivity index (χ0) is 8.91. The predicted octanol–water partition coefficient (Wildman–Crippen LogP) is 1.85. The van der Waals surface area contributed by atoms with Crippen molar-refractivity contribution in [2.45, 2.75) is 27.7 Å². The van der Waals surface area contributed by atoms with Gasteiger partial charge in [-0.05, 0) is 6.92 Å². The van der Waals surface area contributed by atoms with Crippen molar-refractivity contribution in [2.24, 2.45) is 16.3 Å². The van der Waals surface area contributed by atoms with Crippen LogP contribution < -0.4 is 5.90 Å². The second-order valence-corrected chi connectivity index (χ2v) is 3.29. The second-order valence-electron chi connectivity index (χ2n) is 3.29. The first-order valence-corrected chi connectivity index (χ1v) is 3.57. The standard InChI is InChI=1S/C8H16N2O/c1-5-7(8(2,3)4)10-6-11-9/h5-6H,9H2,1-4H3/b7-5-,10-6-. The quantitative estimate of drug-likeness (QED) is 0.377. The fourth-order valence-corrected chi connectivity index (χ4v) is 0.788. The van der Waals surface area contributed by atoms with Gasteiger partial charge in [0.2, 0.25) is 6.40 Å². The lowest BCUT2D eigenvalue weighted by Crippen LogP contribution is -2.08. The van der Waals surface area contributed by atoms with Gasteiger partial charge in [0.15, 0.2) is 0 Å². The molecule has 0 fully saturated rings. The Bertz CT molecular complexity index is 165. The lowest BCUT2D eigenvalue weighted by atomic mass is 9.92. The molecule has 3 heteroatoms. The number of allylic oxidation sites excluding steroid dienone is 2. The fourth-order valence-electron chi connectivity index (χ4n) is 0.788. The van der Waals surface area contributed by atoms with E-state index in [1.807, 2.05) is 13.0 Å². The van der Waals surface area contributed by atoms with E-state index in [0.717, 1.165) is 5.70 Å². The lowest BCUT2D eigenvalue weighted by molar-refractivity contribution is 0.335. The van der Waals surface area contributed by atoms with Gasteiger partial charge in [0.1, 0.15) is 0 Å². The van der Waals surface area contributed by atoms with Crippen LogP contribution in [0.5, 0.6) is 0 Å². The van der Waals surface area contributed by atoms with Crippen LogP contribution in [0.1, 0.15) is 27.7 Å². The third-order valence-electron chi connectivity index (χ3n) is 1.29. The first kappa shape index (κ1) is 10.2. The molecule has 0 heterocycles.